The van der Waals surface area contributed by atoms with Crippen molar-refractivity contribution >= 4 is 16.6 Å². The van der Waals surface area contributed by atoms with E-state index in [2.05, 4.69) is 62.9 Å². The van der Waals surface area contributed by atoms with Crippen LogP contribution in [0, 0.1) is 11.8 Å². The van der Waals surface area contributed by atoms with Crippen molar-refractivity contribution in [1.82, 2.24) is 4.98 Å². The summed E-state index contributed by atoms with van der Waals surface area (Å²) >= 11 is 0. The highest BCUT2D eigenvalue weighted by Crippen LogP contribution is 2.27. The molecule has 3 nitrogen and oxygen atoms in total. The van der Waals surface area contributed by atoms with Gasteiger partial charge >= 0.3 is 0 Å². The molecule has 2 aromatic rings. The average Bonchev–Trinajstić information content (AvgIpc) is 2.44. The molecule has 2 rings (SSSR count). The van der Waals surface area contributed by atoms with Crippen molar-refractivity contribution in [1.29, 1.82) is 0 Å². The van der Waals surface area contributed by atoms with Gasteiger partial charge in [-0.3, -0.25) is 0 Å². The Hall–Kier alpha value is -1.61. The molecule has 0 aliphatic heterocycles. The van der Waals surface area contributed by atoms with Gasteiger partial charge in [0.1, 0.15) is 5.82 Å². The van der Waals surface area contributed by atoms with Gasteiger partial charge in [0.2, 0.25) is 0 Å². The predicted molar refractivity (Wildman–Crippen MR) is 91.5 cm³/mol. The lowest BCUT2D eigenvalue weighted by molar-refractivity contribution is 0.549. The molecule has 3 heteroatoms. The summed E-state index contributed by atoms with van der Waals surface area (Å²) in [4.78, 5) is 7.24. The molecule has 114 valence electrons. The molecule has 2 N–H and O–H groups in total. The van der Waals surface area contributed by atoms with Gasteiger partial charge in [-0.1, -0.05) is 52.0 Å². The minimum Gasteiger partial charge on any atom is -0.356 e. The molecule has 1 aromatic heterocycles. The number of fused-ring (bicyclic) bond motifs is 1. The van der Waals surface area contributed by atoms with Crippen LogP contribution in [0.1, 0.15) is 33.4 Å². The minimum atomic E-state index is 0.481. The highest BCUT2D eigenvalue weighted by atomic mass is 15.2. The third kappa shape index (κ3) is 3.94. The van der Waals surface area contributed by atoms with E-state index in [4.69, 9.17) is 10.7 Å². The SMILES string of the molecule is CC(C)CN(CC(C)C)c1nc(CN)cc2ccccc12. The fourth-order valence-electron chi connectivity index (χ4n) is 2.71. The quantitative estimate of drug-likeness (QED) is 0.877. The topological polar surface area (TPSA) is 42.2 Å². The van der Waals surface area contributed by atoms with Crippen LogP contribution in [0.5, 0.6) is 0 Å². The normalized spacial score (nSPS) is 11.6. The van der Waals surface area contributed by atoms with Gasteiger partial charge in [-0.2, -0.15) is 0 Å². The standard InChI is InChI=1S/C18H27N3/c1-13(2)11-21(12-14(3)4)18-17-8-6-5-7-15(17)9-16(10-19)20-18/h5-9,13-14H,10-12,19H2,1-4H3. The molecule has 0 bridgehead atoms. The van der Waals surface area contributed by atoms with Crippen LogP contribution in [0.2, 0.25) is 0 Å². The highest BCUT2D eigenvalue weighted by molar-refractivity contribution is 5.92. The first-order chi connectivity index (χ1) is 10.0. The Morgan fingerprint density at radius 1 is 1.05 bits per heavy atom. The van der Waals surface area contributed by atoms with Gasteiger partial charge in [0.15, 0.2) is 0 Å². The van der Waals surface area contributed by atoms with Gasteiger partial charge in [0.05, 0.1) is 5.69 Å². The van der Waals surface area contributed by atoms with E-state index in [1.54, 1.807) is 0 Å². The lowest BCUT2D eigenvalue weighted by Crippen LogP contribution is -2.32. The number of hydrogen-bond donors (Lipinski definition) is 1. The van der Waals surface area contributed by atoms with E-state index >= 15 is 0 Å². The predicted octanol–water partition coefficient (Wildman–Crippen LogP) is 3.81. The number of anilines is 1. The molecular formula is C18H27N3. The summed E-state index contributed by atoms with van der Waals surface area (Å²) < 4.78 is 0. The first-order valence-corrected chi connectivity index (χ1v) is 7.85. The third-order valence-corrected chi connectivity index (χ3v) is 3.45. The van der Waals surface area contributed by atoms with Gasteiger partial charge in [-0.15, -0.1) is 0 Å². The zero-order valence-corrected chi connectivity index (χ0v) is 13.6. The summed E-state index contributed by atoms with van der Waals surface area (Å²) in [7, 11) is 0. The zero-order valence-electron chi connectivity index (χ0n) is 13.6. The monoisotopic (exact) mass is 285 g/mol. The first kappa shape index (κ1) is 15.8. The Morgan fingerprint density at radius 3 is 2.24 bits per heavy atom. The summed E-state index contributed by atoms with van der Waals surface area (Å²) in [5.41, 5.74) is 6.79. The van der Waals surface area contributed by atoms with E-state index in [9.17, 15) is 0 Å². The molecule has 0 fully saturated rings. The molecule has 0 saturated heterocycles. The Kier molecular flexibility index (Phi) is 5.18. The zero-order chi connectivity index (χ0) is 15.4. The maximum absolute atomic E-state index is 5.83. The maximum atomic E-state index is 5.83. The van der Waals surface area contributed by atoms with Gasteiger partial charge in [-0.05, 0) is 23.3 Å². The Labute approximate surface area is 128 Å². The Bertz CT molecular complexity index is 580. The van der Waals surface area contributed by atoms with Crippen LogP contribution in [0.4, 0.5) is 5.82 Å². The molecule has 0 aliphatic carbocycles. The summed E-state index contributed by atoms with van der Waals surface area (Å²) in [5.74, 6) is 2.28. The molecule has 0 saturated carbocycles. The summed E-state index contributed by atoms with van der Waals surface area (Å²) in [6.07, 6.45) is 0. The number of pyridine rings is 1. The summed E-state index contributed by atoms with van der Waals surface area (Å²) in [5, 5.41) is 2.44. The van der Waals surface area contributed by atoms with E-state index in [-0.39, 0.29) is 0 Å². The Balaban J connectivity index is 2.53. The van der Waals surface area contributed by atoms with Crippen LogP contribution in [0.15, 0.2) is 30.3 Å². The smallest absolute Gasteiger partial charge is 0.136 e. The molecule has 0 unspecified atom stereocenters. The lowest BCUT2D eigenvalue weighted by atomic mass is 10.1. The summed E-state index contributed by atoms with van der Waals surface area (Å²) in [6.45, 7) is 11.5. The number of nitrogens with zero attached hydrogens (tertiary/aromatic N) is 2. The third-order valence-electron chi connectivity index (χ3n) is 3.45. The van der Waals surface area contributed by atoms with E-state index in [0.29, 0.717) is 18.4 Å². The molecule has 1 aromatic carbocycles. The molecule has 21 heavy (non-hydrogen) atoms. The van der Waals surface area contributed by atoms with Crippen LogP contribution >= 0.6 is 0 Å². The van der Waals surface area contributed by atoms with Crippen molar-refractivity contribution in [3.8, 4) is 0 Å². The van der Waals surface area contributed by atoms with E-state index in [1.165, 1.54) is 10.8 Å². The van der Waals surface area contributed by atoms with Gasteiger partial charge in [-0.25, -0.2) is 4.98 Å². The molecule has 0 atom stereocenters. The number of hydrogen-bond acceptors (Lipinski definition) is 3. The molecule has 0 aliphatic rings. The fraction of sp³-hybridized carbons (Fsp3) is 0.500. The molecular weight excluding hydrogens is 258 g/mol. The van der Waals surface area contributed by atoms with Crippen LogP contribution in [0.25, 0.3) is 10.8 Å². The fourth-order valence-corrected chi connectivity index (χ4v) is 2.71. The first-order valence-electron chi connectivity index (χ1n) is 7.85. The van der Waals surface area contributed by atoms with Crippen LogP contribution in [-0.2, 0) is 6.54 Å². The second kappa shape index (κ2) is 6.90. The minimum absolute atomic E-state index is 0.481. The van der Waals surface area contributed by atoms with Crippen molar-refractivity contribution in [2.24, 2.45) is 17.6 Å². The molecule has 1 heterocycles. The van der Waals surface area contributed by atoms with Crippen LogP contribution < -0.4 is 10.6 Å². The second-order valence-corrected chi connectivity index (χ2v) is 6.56. The molecule has 0 spiro atoms. The van der Waals surface area contributed by atoms with Gasteiger partial charge in [0.25, 0.3) is 0 Å². The number of rotatable bonds is 6. The van der Waals surface area contributed by atoms with Crippen molar-refractivity contribution < 1.29 is 0 Å². The number of nitrogens with two attached hydrogens (primary N) is 1. The average molecular weight is 285 g/mol. The Morgan fingerprint density at radius 2 is 1.67 bits per heavy atom. The summed E-state index contributed by atoms with van der Waals surface area (Å²) in [6, 6.07) is 10.6. The van der Waals surface area contributed by atoms with Crippen molar-refractivity contribution in [2.75, 3.05) is 18.0 Å². The largest absolute Gasteiger partial charge is 0.356 e. The van der Waals surface area contributed by atoms with E-state index < -0.39 is 0 Å². The van der Waals surface area contributed by atoms with E-state index in [1.807, 2.05) is 0 Å². The number of benzene rings is 1. The molecule has 0 radical (unpaired) electrons. The van der Waals surface area contributed by atoms with Gasteiger partial charge in [0, 0.05) is 25.0 Å². The second-order valence-electron chi connectivity index (χ2n) is 6.56. The van der Waals surface area contributed by atoms with Crippen LogP contribution in [-0.4, -0.2) is 18.1 Å². The van der Waals surface area contributed by atoms with Gasteiger partial charge < -0.3 is 10.6 Å². The number of aromatic nitrogens is 1. The van der Waals surface area contributed by atoms with Crippen molar-refractivity contribution in [3.63, 3.8) is 0 Å². The highest BCUT2D eigenvalue weighted by Gasteiger charge is 2.15. The lowest BCUT2D eigenvalue weighted by Gasteiger charge is -2.29. The maximum Gasteiger partial charge on any atom is 0.136 e. The van der Waals surface area contributed by atoms with E-state index in [0.717, 1.165) is 24.6 Å². The molecule has 0 amide bonds. The van der Waals surface area contributed by atoms with Crippen molar-refractivity contribution in [2.45, 2.75) is 34.2 Å². The van der Waals surface area contributed by atoms with Crippen LogP contribution in [0.3, 0.4) is 0 Å². The van der Waals surface area contributed by atoms with Crippen molar-refractivity contribution in [3.05, 3.63) is 36.0 Å².